The number of carboxylic acid groups (broad SMARTS) is 1. The number of benzene rings is 1. The minimum atomic E-state index is -0.971. The van der Waals surface area contributed by atoms with E-state index >= 15 is 0 Å². The third kappa shape index (κ3) is 2.90. The largest absolute Gasteiger partial charge is 0.485 e. The van der Waals surface area contributed by atoms with Gasteiger partial charge in [0.15, 0.2) is 5.82 Å². The fourth-order valence-electron chi connectivity index (χ4n) is 1.69. The molecule has 0 fully saturated rings. The Bertz CT molecular complexity index is 593. The molecule has 0 atom stereocenters. The summed E-state index contributed by atoms with van der Waals surface area (Å²) < 4.78 is 7.36. The average molecular weight is 261 g/mol. The molecule has 0 unspecified atom stereocenters. The summed E-state index contributed by atoms with van der Waals surface area (Å²) in [5.74, 6) is 0.287. The van der Waals surface area contributed by atoms with Crippen LogP contribution < -0.4 is 4.74 Å². The van der Waals surface area contributed by atoms with Gasteiger partial charge >= 0.3 is 5.97 Å². The maximum absolute atomic E-state index is 10.9. The number of nitrogens with zero attached hydrogens (tertiary/aromatic N) is 3. The third-order valence-electron chi connectivity index (χ3n) is 2.79. The van der Waals surface area contributed by atoms with Crippen LogP contribution in [0.2, 0.25) is 0 Å². The van der Waals surface area contributed by atoms with Crippen LogP contribution in [0.1, 0.15) is 28.7 Å². The van der Waals surface area contributed by atoms with Gasteiger partial charge in [-0.25, -0.2) is 14.5 Å². The highest BCUT2D eigenvalue weighted by molar-refractivity contribution is 5.88. The number of carbonyl (C=O) groups is 1. The van der Waals surface area contributed by atoms with Crippen LogP contribution >= 0.6 is 0 Å². The molecular weight excluding hydrogens is 246 g/mol. The molecular formula is C13H15N3O3. The smallest absolute Gasteiger partial charge is 0.335 e. The van der Waals surface area contributed by atoms with Gasteiger partial charge in [0.25, 0.3) is 0 Å². The summed E-state index contributed by atoms with van der Waals surface area (Å²) in [6, 6.07) is 4.80. The van der Waals surface area contributed by atoms with Crippen molar-refractivity contribution in [3.05, 3.63) is 41.5 Å². The van der Waals surface area contributed by atoms with Gasteiger partial charge in [0, 0.05) is 6.54 Å². The summed E-state index contributed by atoms with van der Waals surface area (Å²) in [6.07, 6.45) is 1.47. The molecule has 0 saturated heterocycles. The Balaban J connectivity index is 2.15. The molecule has 1 heterocycles. The topological polar surface area (TPSA) is 77.2 Å². The molecule has 0 aliphatic heterocycles. The molecule has 1 aromatic heterocycles. The zero-order chi connectivity index (χ0) is 13.8. The molecule has 2 aromatic rings. The molecule has 0 aliphatic rings. The molecule has 0 saturated carbocycles. The van der Waals surface area contributed by atoms with E-state index in [1.807, 2.05) is 13.8 Å². The van der Waals surface area contributed by atoms with E-state index in [1.165, 1.54) is 12.4 Å². The predicted molar refractivity (Wildman–Crippen MR) is 68.2 cm³/mol. The monoisotopic (exact) mass is 261 g/mol. The average Bonchev–Trinajstić information content (AvgIpc) is 2.85. The fraction of sp³-hybridized carbons (Fsp3) is 0.308. The maximum atomic E-state index is 10.9. The van der Waals surface area contributed by atoms with Crippen molar-refractivity contribution < 1.29 is 14.6 Å². The second kappa shape index (κ2) is 5.51. The molecule has 1 aromatic carbocycles. The summed E-state index contributed by atoms with van der Waals surface area (Å²) in [4.78, 5) is 15.0. The number of ether oxygens (including phenoxy) is 1. The lowest BCUT2D eigenvalue weighted by molar-refractivity contribution is 0.0696. The van der Waals surface area contributed by atoms with Crippen molar-refractivity contribution >= 4 is 5.97 Å². The summed E-state index contributed by atoms with van der Waals surface area (Å²) in [5.41, 5.74) is 1.09. The van der Waals surface area contributed by atoms with E-state index < -0.39 is 5.97 Å². The van der Waals surface area contributed by atoms with Gasteiger partial charge in [-0.05, 0) is 31.5 Å². The summed E-state index contributed by atoms with van der Waals surface area (Å²) in [5, 5.41) is 13.0. The van der Waals surface area contributed by atoms with Gasteiger partial charge in [0.1, 0.15) is 18.7 Å². The molecule has 0 amide bonds. The standard InChI is InChI=1S/C13H15N3O3/c1-3-16-12(14-8-15-16)7-19-11-6-10(13(17)18)5-4-9(11)2/h4-6,8H,3,7H2,1-2H3,(H,17,18). The van der Waals surface area contributed by atoms with Crippen molar-refractivity contribution in [1.29, 1.82) is 0 Å². The minimum Gasteiger partial charge on any atom is -0.485 e. The van der Waals surface area contributed by atoms with E-state index in [4.69, 9.17) is 9.84 Å². The Kier molecular flexibility index (Phi) is 3.79. The van der Waals surface area contributed by atoms with Crippen molar-refractivity contribution in [3.8, 4) is 5.75 Å². The van der Waals surface area contributed by atoms with Gasteiger partial charge in [0.2, 0.25) is 0 Å². The van der Waals surface area contributed by atoms with E-state index in [0.717, 1.165) is 5.56 Å². The Labute approximate surface area is 110 Å². The molecule has 100 valence electrons. The number of rotatable bonds is 5. The van der Waals surface area contributed by atoms with Crippen molar-refractivity contribution in [2.24, 2.45) is 0 Å². The Morgan fingerprint density at radius 3 is 2.95 bits per heavy atom. The number of aromatic nitrogens is 3. The second-order valence-corrected chi connectivity index (χ2v) is 4.07. The van der Waals surface area contributed by atoms with E-state index in [9.17, 15) is 4.79 Å². The normalized spacial score (nSPS) is 10.4. The van der Waals surface area contributed by atoms with Gasteiger partial charge in [-0.2, -0.15) is 5.10 Å². The third-order valence-corrected chi connectivity index (χ3v) is 2.79. The first kappa shape index (κ1) is 13.1. The summed E-state index contributed by atoms with van der Waals surface area (Å²) >= 11 is 0. The number of carboxylic acids is 1. The number of aryl methyl sites for hydroxylation is 2. The van der Waals surface area contributed by atoms with E-state index in [1.54, 1.807) is 16.8 Å². The predicted octanol–water partition coefficient (Wildman–Crippen LogP) is 1.88. The highest BCUT2D eigenvalue weighted by Gasteiger charge is 2.09. The van der Waals surface area contributed by atoms with Crippen LogP contribution in [-0.2, 0) is 13.2 Å². The molecule has 19 heavy (non-hydrogen) atoms. The van der Waals surface area contributed by atoms with Crippen molar-refractivity contribution in [1.82, 2.24) is 14.8 Å². The van der Waals surface area contributed by atoms with Gasteiger partial charge in [-0.1, -0.05) is 6.07 Å². The summed E-state index contributed by atoms with van der Waals surface area (Å²) in [7, 11) is 0. The number of hydrogen-bond acceptors (Lipinski definition) is 4. The van der Waals surface area contributed by atoms with Crippen LogP contribution in [0.25, 0.3) is 0 Å². The first-order chi connectivity index (χ1) is 9.11. The number of aromatic carboxylic acids is 1. The van der Waals surface area contributed by atoms with Crippen LogP contribution in [0, 0.1) is 6.92 Å². The fourth-order valence-corrected chi connectivity index (χ4v) is 1.69. The molecule has 0 bridgehead atoms. The molecule has 1 N–H and O–H groups in total. The lowest BCUT2D eigenvalue weighted by atomic mass is 10.1. The zero-order valence-corrected chi connectivity index (χ0v) is 10.8. The van der Waals surface area contributed by atoms with E-state index in [2.05, 4.69) is 10.1 Å². The van der Waals surface area contributed by atoms with Gasteiger partial charge in [0.05, 0.1) is 5.56 Å². The van der Waals surface area contributed by atoms with Gasteiger partial charge in [-0.3, -0.25) is 0 Å². The Hall–Kier alpha value is -2.37. The molecule has 0 aliphatic carbocycles. The van der Waals surface area contributed by atoms with Crippen molar-refractivity contribution in [2.45, 2.75) is 27.0 Å². The lowest BCUT2D eigenvalue weighted by Crippen LogP contribution is -2.08. The van der Waals surface area contributed by atoms with E-state index in [0.29, 0.717) is 18.1 Å². The van der Waals surface area contributed by atoms with Crippen molar-refractivity contribution in [3.63, 3.8) is 0 Å². The zero-order valence-electron chi connectivity index (χ0n) is 10.8. The quantitative estimate of drug-likeness (QED) is 0.889. The first-order valence-corrected chi connectivity index (χ1v) is 5.95. The maximum Gasteiger partial charge on any atom is 0.335 e. The minimum absolute atomic E-state index is 0.206. The van der Waals surface area contributed by atoms with Crippen LogP contribution in [0.5, 0.6) is 5.75 Å². The van der Waals surface area contributed by atoms with Crippen LogP contribution in [0.15, 0.2) is 24.5 Å². The van der Waals surface area contributed by atoms with E-state index in [-0.39, 0.29) is 12.2 Å². The van der Waals surface area contributed by atoms with Crippen LogP contribution in [0.3, 0.4) is 0 Å². The number of hydrogen-bond donors (Lipinski definition) is 1. The van der Waals surface area contributed by atoms with Gasteiger partial charge < -0.3 is 9.84 Å². The molecule has 2 rings (SSSR count). The summed E-state index contributed by atoms with van der Waals surface area (Å²) in [6.45, 7) is 4.81. The van der Waals surface area contributed by atoms with Crippen LogP contribution in [0.4, 0.5) is 0 Å². The van der Waals surface area contributed by atoms with Gasteiger partial charge in [-0.15, -0.1) is 0 Å². The second-order valence-electron chi connectivity index (χ2n) is 4.07. The Morgan fingerprint density at radius 2 is 2.26 bits per heavy atom. The molecule has 0 radical (unpaired) electrons. The first-order valence-electron chi connectivity index (χ1n) is 5.95. The lowest BCUT2D eigenvalue weighted by Gasteiger charge is -2.10. The van der Waals surface area contributed by atoms with Crippen LogP contribution in [-0.4, -0.2) is 25.8 Å². The SMILES string of the molecule is CCn1ncnc1COc1cc(C(=O)O)ccc1C. The molecule has 6 nitrogen and oxygen atoms in total. The van der Waals surface area contributed by atoms with Crippen molar-refractivity contribution in [2.75, 3.05) is 0 Å². The highest BCUT2D eigenvalue weighted by Crippen LogP contribution is 2.20. The Morgan fingerprint density at radius 1 is 1.47 bits per heavy atom. The molecule has 0 spiro atoms. The molecule has 6 heteroatoms. The highest BCUT2D eigenvalue weighted by atomic mass is 16.5.